The van der Waals surface area contributed by atoms with Crippen LogP contribution in [0.3, 0.4) is 0 Å². The fraction of sp³-hybridized carbons (Fsp3) is 0.714. The van der Waals surface area contributed by atoms with Crippen molar-refractivity contribution < 1.29 is 0 Å². The van der Waals surface area contributed by atoms with Crippen molar-refractivity contribution in [3.05, 3.63) is 11.3 Å². The zero-order valence-electron chi connectivity index (χ0n) is 6.28. The average Bonchev–Trinajstić information content (AvgIpc) is 2.33. The molecule has 2 aliphatic rings. The quantitative estimate of drug-likeness (QED) is 0.482. The van der Waals surface area contributed by atoms with E-state index in [0.717, 1.165) is 13.1 Å². The summed E-state index contributed by atoms with van der Waals surface area (Å²) in [6, 6.07) is 0. The summed E-state index contributed by atoms with van der Waals surface area (Å²) in [5.74, 6) is 0. The molecule has 0 fully saturated rings. The molecular formula is C7H13N3. The van der Waals surface area contributed by atoms with Gasteiger partial charge >= 0.3 is 0 Å². The molecule has 3 nitrogen and oxygen atoms in total. The minimum absolute atomic E-state index is 1.04. The zero-order chi connectivity index (χ0) is 6.97. The highest BCUT2D eigenvalue weighted by molar-refractivity contribution is 5.21. The van der Waals surface area contributed by atoms with Gasteiger partial charge in [-0.05, 0) is 19.0 Å². The fourth-order valence-electron chi connectivity index (χ4n) is 1.52. The molecule has 0 bridgehead atoms. The lowest BCUT2D eigenvalue weighted by Gasteiger charge is -2.22. The first-order chi connectivity index (χ1) is 4.86. The van der Waals surface area contributed by atoms with E-state index >= 15 is 0 Å². The van der Waals surface area contributed by atoms with Gasteiger partial charge in [0.15, 0.2) is 0 Å². The Bertz CT molecular complexity index is 174. The van der Waals surface area contributed by atoms with E-state index in [2.05, 4.69) is 22.8 Å². The highest BCUT2D eigenvalue weighted by Crippen LogP contribution is 2.16. The van der Waals surface area contributed by atoms with Crippen molar-refractivity contribution in [2.45, 2.75) is 6.42 Å². The summed E-state index contributed by atoms with van der Waals surface area (Å²) in [5.41, 5.74) is 9.28. The number of hydrazine groups is 1. The Morgan fingerprint density at radius 3 is 3.30 bits per heavy atom. The molecule has 10 heavy (non-hydrogen) atoms. The maximum Gasteiger partial charge on any atom is 0.0408 e. The molecule has 0 aromatic heterocycles. The van der Waals surface area contributed by atoms with Crippen molar-refractivity contribution in [3.8, 4) is 0 Å². The third-order valence-corrected chi connectivity index (χ3v) is 2.19. The topological polar surface area (TPSA) is 27.3 Å². The largest absolute Gasteiger partial charge is 0.324 e. The SMILES string of the molecule is CN1CCC2=C(C1)NNC2. The van der Waals surface area contributed by atoms with Crippen molar-refractivity contribution in [1.29, 1.82) is 0 Å². The number of likely N-dealkylation sites (N-methyl/N-ethyl adjacent to an activating group) is 1. The van der Waals surface area contributed by atoms with Gasteiger partial charge in [-0.1, -0.05) is 0 Å². The fourth-order valence-corrected chi connectivity index (χ4v) is 1.52. The Balaban J connectivity index is 2.13. The second-order valence-electron chi connectivity index (χ2n) is 3.05. The number of nitrogens with zero attached hydrogens (tertiary/aromatic N) is 1. The summed E-state index contributed by atoms with van der Waals surface area (Å²) in [5, 5.41) is 0. The molecule has 0 spiro atoms. The van der Waals surface area contributed by atoms with Crippen LogP contribution in [0, 0.1) is 0 Å². The molecule has 3 heteroatoms. The van der Waals surface area contributed by atoms with E-state index in [4.69, 9.17) is 0 Å². The second-order valence-corrected chi connectivity index (χ2v) is 3.05. The van der Waals surface area contributed by atoms with E-state index < -0.39 is 0 Å². The Morgan fingerprint density at radius 2 is 2.40 bits per heavy atom. The van der Waals surface area contributed by atoms with Gasteiger partial charge in [0.05, 0.1) is 0 Å². The summed E-state index contributed by atoms with van der Waals surface area (Å²) in [6.07, 6.45) is 1.23. The van der Waals surface area contributed by atoms with Gasteiger partial charge in [0, 0.05) is 25.3 Å². The maximum atomic E-state index is 3.18. The highest BCUT2D eigenvalue weighted by atomic mass is 15.4. The lowest BCUT2D eigenvalue weighted by molar-refractivity contribution is 0.344. The van der Waals surface area contributed by atoms with Gasteiger partial charge in [-0.3, -0.25) is 0 Å². The summed E-state index contributed by atoms with van der Waals surface area (Å²) >= 11 is 0. The van der Waals surface area contributed by atoms with Crippen LogP contribution in [0.2, 0.25) is 0 Å². The molecular weight excluding hydrogens is 126 g/mol. The number of rotatable bonds is 0. The number of hydrogen-bond acceptors (Lipinski definition) is 3. The van der Waals surface area contributed by atoms with Crippen LogP contribution in [0.1, 0.15) is 6.42 Å². The number of nitrogens with one attached hydrogen (secondary N) is 2. The van der Waals surface area contributed by atoms with Crippen LogP contribution >= 0.6 is 0 Å². The predicted molar refractivity (Wildman–Crippen MR) is 40.3 cm³/mol. The maximum absolute atomic E-state index is 3.18. The molecule has 0 unspecified atom stereocenters. The van der Waals surface area contributed by atoms with Crippen LogP contribution in [-0.2, 0) is 0 Å². The van der Waals surface area contributed by atoms with Gasteiger partial charge in [0.1, 0.15) is 0 Å². The van der Waals surface area contributed by atoms with E-state index in [0.29, 0.717) is 0 Å². The van der Waals surface area contributed by atoms with Crippen molar-refractivity contribution in [1.82, 2.24) is 15.8 Å². The lowest BCUT2D eigenvalue weighted by atomic mass is 10.1. The molecule has 2 aliphatic heterocycles. The van der Waals surface area contributed by atoms with E-state index in [1.807, 2.05) is 0 Å². The van der Waals surface area contributed by atoms with Crippen LogP contribution in [0.25, 0.3) is 0 Å². The van der Waals surface area contributed by atoms with Gasteiger partial charge in [-0.25, -0.2) is 5.43 Å². The van der Waals surface area contributed by atoms with Crippen LogP contribution in [0.5, 0.6) is 0 Å². The smallest absolute Gasteiger partial charge is 0.0408 e. The first-order valence-corrected chi connectivity index (χ1v) is 3.74. The molecule has 0 radical (unpaired) electrons. The molecule has 0 aromatic rings. The molecule has 56 valence electrons. The minimum atomic E-state index is 1.04. The van der Waals surface area contributed by atoms with Crippen molar-refractivity contribution in [3.63, 3.8) is 0 Å². The van der Waals surface area contributed by atoms with E-state index in [9.17, 15) is 0 Å². The van der Waals surface area contributed by atoms with Gasteiger partial charge in [-0.15, -0.1) is 0 Å². The first-order valence-electron chi connectivity index (χ1n) is 3.74. The Morgan fingerprint density at radius 1 is 1.50 bits per heavy atom. The standard InChI is InChI=1S/C7H13N3/c1-10-3-2-6-4-8-9-7(6)5-10/h8-9H,2-5H2,1H3. The van der Waals surface area contributed by atoms with Crippen molar-refractivity contribution in [2.24, 2.45) is 0 Å². The molecule has 0 amide bonds. The summed E-state index contributed by atoms with van der Waals surface area (Å²) in [4.78, 5) is 2.33. The molecule has 0 aliphatic carbocycles. The van der Waals surface area contributed by atoms with Gasteiger partial charge in [0.2, 0.25) is 0 Å². The zero-order valence-corrected chi connectivity index (χ0v) is 6.28. The van der Waals surface area contributed by atoms with Gasteiger partial charge in [0.25, 0.3) is 0 Å². The Kier molecular flexibility index (Phi) is 1.39. The third kappa shape index (κ3) is 0.914. The average molecular weight is 139 g/mol. The summed E-state index contributed by atoms with van der Waals surface area (Å²) in [6.45, 7) is 3.34. The molecule has 0 saturated heterocycles. The van der Waals surface area contributed by atoms with Gasteiger partial charge in [-0.2, -0.15) is 0 Å². The normalized spacial score (nSPS) is 26.5. The molecule has 2 heterocycles. The van der Waals surface area contributed by atoms with Crippen LogP contribution in [0.15, 0.2) is 11.3 Å². The second kappa shape index (κ2) is 2.25. The van der Waals surface area contributed by atoms with Crippen LogP contribution in [0.4, 0.5) is 0 Å². The van der Waals surface area contributed by atoms with Crippen molar-refractivity contribution in [2.75, 3.05) is 26.7 Å². The monoisotopic (exact) mass is 139 g/mol. The molecule has 2 rings (SSSR count). The predicted octanol–water partition coefficient (Wildman–Crippen LogP) is -0.316. The minimum Gasteiger partial charge on any atom is -0.324 e. The first kappa shape index (κ1) is 6.19. The Hall–Kier alpha value is -0.540. The summed E-state index contributed by atoms with van der Waals surface area (Å²) < 4.78 is 0. The van der Waals surface area contributed by atoms with E-state index in [-0.39, 0.29) is 0 Å². The molecule has 0 aromatic carbocycles. The van der Waals surface area contributed by atoms with Gasteiger partial charge < -0.3 is 10.3 Å². The van der Waals surface area contributed by atoms with Crippen molar-refractivity contribution >= 4 is 0 Å². The molecule has 0 atom stereocenters. The highest BCUT2D eigenvalue weighted by Gasteiger charge is 2.19. The third-order valence-electron chi connectivity index (χ3n) is 2.19. The van der Waals surface area contributed by atoms with Crippen LogP contribution in [-0.4, -0.2) is 31.6 Å². The van der Waals surface area contributed by atoms with E-state index in [1.54, 1.807) is 5.57 Å². The Labute approximate surface area is 61.1 Å². The number of hydrogen-bond donors (Lipinski definition) is 2. The van der Waals surface area contributed by atoms with E-state index in [1.165, 1.54) is 18.7 Å². The lowest BCUT2D eigenvalue weighted by Crippen LogP contribution is -2.32. The summed E-state index contributed by atoms with van der Waals surface area (Å²) in [7, 11) is 2.16. The molecule has 0 saturated carbocycles. The molecule has 2 N–H and O–H groups in total. The van der Waals surface area contributed by atoms with Crippen LogP contribution < -0.4 is 10.9 Å².